The molecule has 2 N–H and O–H groups in total. The lowest BCUT2D eigenvalue weighted by molar-refractivity contribution is 0.0949. The summed E-state index contributed by atoms with van der Waals surface area (Å²) in [6.45, 7) is 6.18. The Bertz CT molecular complexity index is 544. The van der Waals surface area contributed by atoms with Crippen molar-refractivity contribution in [2.75, 3.05) is 19.6 Å². The minimum atomic E-state index is -0.135. The normalized spacial score (nSPS) is 9.62. The monoisotopic (exact) mass is 351 g/mol. The molecule has 118 valence electrons. The average molecular weight is 352 g/mol. The fourth-order valence-corrected chi connectivity index (χ4v) is 2.52. The molecule has 0 unspecified atom stereocenters. The molecule has 0 fully saturated rings. The maximum atomic E-state index is 12.0. The van der Waals surface area contributed by atoms with Crippen LogP contribution in [0.4, 0.5) is 0 Å². The second kappa shape index (κ2) is 9.78. The summed E-state index contributed by atoms with van der Waals surface area (Å²) in [5.74, 6) is 0.559. The van der Waals surface area contributed by atoms with Gasteiger partial charge in [-0.2, -0.15) is 0 Å². The first-order valence-electron chi connectivity index (χ1n) is 6.22. The number of carbonyl (C=O) groups is 1. The van der Waals surface area contributed by atoms with Gasteiger partial charge in [-0.25, -0.2) is 4.98 Å². The van der Waals surface area contributed by atoms with Crippen LogP contribution in [0.25, 0.3) is 10.8 Å². The summed E-state index contributed by atoms with van der Waals surface area (Å²) in [5, 5.41) is 6.73. The van der Waals surface area contributed by atoms with Crippen molar-refractivity contribution in [3.63, 3.8) is 0 Å². The molecule has 2 heterocycles. The number of hydrogen-bond donors (Lipinski definition) is 2. The molecule has 2 rings (SSSR count). The Hall–Kier alpha value is -1.08. The first-order chi connectivity index (χ1) is 9.22. The zero-order valence-corrected chi connectivity index (χ0v) is 14.3. The third-order valence-corrected chi connectivity index (χ3v) is 3.57. The minimum absolute atomic E-state index is 0. The van der Waals surface area contributed by atoms with Crippen molar-refractivity contribution in [3.05, 3.63) is 29.0 Å². The third-order valence-electron chi connectivity index (χ3n) is 2.58. The van der Waals surface area contributed by atoms with Crippen LogP contribution in [-0.2, 0) is 0 Å². The van der Waals surface area contributed by atoms with Gasteiger partial charge in [-0.05, 0) is 25.6 Å². The van der Waals surface area contributed by atoms with Gasteiger partial charge in [-0.1, -0.05) is 6.92 Å². The summed E-state index contributed by atoms with van der Waals surface area (Å²) in [6.07, 6.45) is 1.60. The lowest BCUT2D eigenvalue weighted by Gasteiger charge is -2.03. The SMILES string of the molecule is CCNCCNC(=O)c1nc(-c2ccco2)sc1C.Cl.Cl. The predicted molar refractivity (Wildman–Crippen MR) is 89.9 cm³/mol. The fraction of sp³-hybridized carbons (Fsp3) is 0.385. The van der Waals surface area contributed by atoms with Gasteiger partial charge in [0.05, 0.1) is 6.26 Å². The van der Waals surface area contributed by atoms with Crippen LogP contribution in [0.5, 0.6) is 0 Å². The van der Waals surface area contributed by atoms with Crippen molar-refractivity contribution in [3.8, 4) is 10.8 Å². The van der Waals surface area contributed by atoms with E-state index in [0.717, 1.165) is 23.0 Å². The number of aromatic nitrogens is 1. The molecular formula is C13H19Cl2N3O2S. The van der Waals surface area contributed by atoms with Crippen molar-refractivity contribution >= 4 is 42.1 Å². The fourth-order valence-electron chi connectivity index (χ4n) is 1.64. The van der Waals surface area contributed by atoms with Gasteiger partial charge in [0.2, 0.25) is 0 Å². The smallest absolute Gasteiger partial charge is 0.271 e. The molecule has 0 aliphatic rings. The third kappa shape index (κ3) is 5.32. The number of likely N-dealkylation sites (N-methyl/N-ethyl adjacent to an activating group) is 1. The van der Waals surface area contributed by atoms with Crippen molar-refractivity contribution in [2.24, 2.45) is 0 Å². The molecular weight excluding hydrogens is 333 g/mol. The van der Waals surface area contributed by atoms with Crippen molar-refractivity contribution in [1.82, 2.24) is 15.6 Å². The highest BCUT2D eigenvalue weighted by atomic mass is 35.5. The second-order valence-corrected chi connectivity index (χ2v) is 5.21. The zero-order valence-electron chi connectivity index (χ0n) is 11.8. The van der Waals surface area contributed by atoms with Crippen LogP contribution >= 0.6 is 36.2 Å². The highest BCUT2D eigenvalue weighted by Gasteiger charge is 2.16. The quantitative estimate of drug-likeness (QED) is 0.785. The second-order valence-electron chi connectivity index (χ2n) is 4.01. The summed E-state index contributed by atoms with van der Waals surface area (Å²) in [5.41, 5.74) is 0.480. The van der Waals surface area contributed by atoms with Gasteiger partial charge < -0.3 is 15.1 Å². The van der Waals surface area contributed by atoms with E-state index in [1.807, 2.05) is 26.0 Å². The van der Waals surface area contributed by atoms with Crippen LogP contribution in [0.3, 0.4) is 0 Å². The molecule has 0 atom stereocenters. The molecule has 0 saturated carbocycles. The Balaban J connectivity index is 0.00000200. The summed E-state index contributed by atoms with van der Waals surface area (Å²) >= 11 is 1.46. The van der Waals surface area contributed by atoms with E-state index < -0.39 is 0 Å². The molecule has 21 heavy (non-hydrogen) atoms. The molecule has 0 aliphatic carbocycles. The number of amides is 1. The molecule has 0 radical (unpaired) electrons. The Morgan fingerprint density at radius 3 is 2.76 bits per heavy atom. The van der Waals surface area contributed by atoms with Crippen molar-refractivity contribution in [1.29, 1.82) is 0 Å². The van der Waals surface area contributed by atoms with Crippen LogP contribution in [0.15, 0.2) is 22.8 Å². The predicted octanol–water partition coefficient (Wildman–Crippen LogP) is 2.89. The number of aryl methyl sites for hydroxylation is 1. The molecule has 0 saturated heterocycles. The topological polar surface area (TPSA) is 67.2 Å². The number of hydrogen-bond acceptors (Lipinski definition) is 5. The molecule has 2 aromatic heterocycles. The van der Waals surface area contributed by atoms with E-state index in [-0.39, 0.29) is 30.7 Å². The lowest BCUT2D eigenvalue weighted by Crippen LogP contribution is -2.32. The van der Waals surface area contributed by atoms with Crippen molar-refractivity contribution < 1.29 is 9.21 Å². The van der Waals surface area contributed by atoms with Gasteiger partial charge in [0.25, 0.3) is 5.91 Å². The molecule has 2 aromatic rings. The summed E-state index contributed by atoms with van der Waals surface area (Å²) in [4.78, 5) is 17.2. The highest BCUT2D eigenvalue weighted by Crippen LogP contribution is 2.27. The Morgan fingerprint density at radius 1 is 1.38 bits per heavy atom. The first kappa shape index (κ1) is 19.9. The summed E-state index contributed by atoms with van der Waals surface area (Å²) < 4.78 is 5.29. The van der Waals surface area contributed by atoms with Crippen molar-refractivity contribution in [2.45, 2.75) is 13.8 Å². The first-order valence-corrected chi connectivity index (χ1v) is 7.04. The van der Waals surface area contributed by atoms with Gasteiger partial charge >= 0.3 is 0 Å². The molecule has 0 spiro atoms. The number of carbonyl (C=O) groups excluding carboxylic acids is 1. The molecule has 0 aromatic carbocycles. The molecule has 5 nitrogen and oxygen atoms in total. The van der Waals surface area contributed by atoms with Gasteiger partial charge in [0, 0.05) is 18.0 Å². The van der Waals surface area contributed by atoms with Crippen LogP contribution in [0.2, 0.25) is 0 Å². The van der Waals surface area contributed by atoms with E-state index in [1.54, 1.807) is 6.26 Å². The largest absolute Gasteiger partial charge is 0.462 e. The molecule has 0 aliphatic heterocycles. The Kier molecular flexibility index (Phi) is 9.28. The number of halogens is 2. The Morgan fingerprint density at radius 2 is 2.14 bits per heavy atom. The van der Waals surface area contributed by atoms with E-state index in [2.05, 4.69) is 15.6 Å². The van der Waals surface area contributed by atoms with Crippen LogP contribution < -0.4 is 10.6 Å². The standard InChI is InChI=1S/C13H17N3O2S.2ClH/c1-3-14-6-7-15-12(17)11-9(2)19-13(16-11)10-5-4-8-18-10;;/h4-5,8,14H,3,6-7H2,1-2H3,(H,15,17);2*1H. The van der Waals surface area contributed by atoms with Crippen LogP contribution in [0.1, 0.15) is 22.3 Å². The van der Waals surface area contributed by atoms with Gasteiger partial charge in [0.15, 0.2) is 10.8 Å². The van der Waals surface area contributed by atoms with Crippen LogP contribution in [-0.4, -0.2) is 30.5 Å². The zero-order chi connectivity index (χ0) is 13.7. The number of furan rings is 1. The maximum absolute atomic E-state index is 12.0. The Labute approximate surface area is 140 Å². The number of nitrogens with one attached hydrogen (secondary N) is 2. The molecule has 8 heteroatoms. The summed E-state index contributed by atoms with van der Waals surface area (Å²) in [7, 11) is 0. The van der Waals surface area contributed by atoms with E-state index in [4.69, 9.17) is 4.42 Å². The van der Waals surface area contributed by atoms with E-state index in [9.17, 15) is 4.79 Å². The lowest BCUT2D eigenvalue weighted by atomic mass is 10.3. The van der Waals surface area contributed by atoms with E-state index >= 15 is 0 Å². The highest BCUT2D eigenvalue weighted by molar-refractivity contribution is 7.15. The summed E-state index contributed by atoms with van der Waals surface area (Å²) in [6, 6.07) is 3.65. The number of nitrogens with zero attached hydrogens (tertiary/aromatic N) is 1. The number of thiazole rings is 1. The number of rotatable bonds is 6. The maximum Gasteiger partial charge on any atom is 0.271 e. The van der Waals surface area contributed by atoms with Gasteiger partial charge in [-0.3, -0.25) is 4.79 Å². The average Bonchev–Trinajstić information content (AvgIpc) is 3.03. The van der Waals surface area contributed by atoms with E-state index in [1.165, 1.54) is 11.3 Å². The van der Waals surface area contributed by atoms with Gasteiger partial charge in [-0.15, -0.1) is 36.2 Å². The van der Waals surface area contributed by atoms with Crippen LogP contribution in [0, 0.1) is 6.92 Å². The van der Waals surface area contributed by atoms with E-state index in [0.29, 0.717) is 18.0 Å². The molecule has 1 amide bonds. The minimum Gasteiger partial charge on any atom is -0.462 e. The molecule has 0 bridgehead atoms. The van der Waals surface area contributed by atoms with Gasteiger partial charge in [0.1, 0.15) is 5.69 Å².